The highest BCUT2D eigenvalue weighted by Crippen LogP contribution is 1.83. The molecule has 0 saturated carbocycles. The van der Waals surface area contributed by atoms with E-state index in [2.05, 4.69) is 33.6 Å². The predicted molar refractivity (Wildman–Crippen MR) is 88.0 cm³/mol. The summed E-state index contributed by atoms with van der Waals surface area (Å²) in [5.74, 6) is 0.407. The summed E-state index contributed by atoms with van der Waals surface area (Å²) >= 11 is 5.19. The minimum Gasteiger partial charge on any atom is -0.379 e. The van der Waals surface area contributed by atoms with Crippen molar-refractivity contribution in [3.05, 3.63) is 0 Å². The van der Waals surface area contributed by atoms with E-state index in [4.69, 9.17) is 11.1 Å². The van der Waals surface area contributed by atoms with Crippen molar-refractivity contribution < 1.29 is 9.59 Å². The Morgan fingerprint density at radius 3 is 2.15 bits per heavy atom. The second-order valence-electron chi connectivity index (χ2n) is 3.10. The summed E-state index contributed by atoms with van der Waals surface area (Å²) in [7, 11) is 0. The third-order valence-corrected chi connectivity index (χ3v) is 2.27. The molecule has 0 aromatic rings. The number of aliphatic imine (C=N–C) groups is 1. The van der Waals surface area contributed by atoms with E-state index in [1.54, 1.807) is 20.1 Å². The number of hydrogen-bond acceptors (Lipinski definition) is 5. The molecule has 0 aliphatic carbocycles. The van der Waals surface area contributed by atoms with Crippen molar-refractivity contribution in [2.75, 3.05) is 25.1 Å². The van der Waals surface area contributed by atoms with Crippen LogP contribution in [0.5, 0.6) is 0 Å². The largest absolute Gasteiger partial charge is 0.379 e. The Kier molecular flexibility index (Phi) is 14.6. The topological polar surface area (TPSA) is 132 Å². The predicted octanol–water partition coefficient (Wildman–Crippen LogP) is 0.606. The highest BCUT2D eigenvalue weighted by molar-refractivity contribution is 8.13. The maximum atomic E-state index is 11.1. The summed E-state index contributed by atoms with van der Waals surface area (Å²) in [6.45, 7) is 4.57. The second-order valence-corrected chi connectivity index (χ2v) is 4.27. The van der Waals surface area contributed by atoms with Crippen molar-refractivity contribution in [1.82, 2.24) is 16.0 Å². The molecule has 0 heterocycles. The zero-order valence-electron chi connectivity index (χ0n) is 11.8. The van der Waals surface area contributed by atoms with Crippen LogP contribution in [0.1, 0.15) is 13.8 Å². The molecule has 0 spiro atoms. The standard InChI is InChI=1S/C8H16N4O2S.C2H6N2S/c1-3-9-7(13)11-6(5-15)12-8(14)10-4-2;1-5-2(3)4/h15H,3-5H2,1-2H3,(H3,9,10,11,12,13,14);1H3,(H3,3,4). The number of amidine groups is 2. The Morgan fingerprint density at radius 2 is 1.80 bits per heavy atom. The molecule has 0 bridgehead atoms. The van der Waals surface area contributed by atoms with Crippen molar-refractivity contribution in [1.29, 1.82) is 5.41 Å². The van der Waals surface area contributed by atoms with E-state index in [0.717, 1.165) is 0 Å². The molecule has 116 valence electrons. The fourth-order valence-corrected chi connectivity index (χ4v) is 0.902. The van der Waals surface area contributed by atoms with Crippen LogP contribution in [-0.2, 0) is 0 Å². The Labute approximate surface area is 128 Å². The Hall–Kier alpha value is -1.42. The number of carbonyl (C=O) groups is 2. The van der Waals surface area contributed by atoms with Gasteiger partial charge in [-0.2, -0.15) is 17.6 Å². The molecule has 0 fully saturated rings. The van der Waals surface area contributed by atoms with E-state index in [1.165, 1.54) is 11.8 Å². The highest BCUT2D eigenvalue weighted by atomic mass is 32.2. The van der Waals surface area contributed by atoms with Crippen LogP contribution in [0.15, 0.2) is 4.99 Å². The smallest absolute Gasteiger partial charge is 0.342 e. The SMILES string of the molecule is CCNC(=O)N=C(CS)NC(=O)NCC.CSC(=N)N. The monoisotopic (exact) mass is 322 g/mol. The number of rotatable bonds is 3. The molecule has 10 heteroatoms. The third kappa shape index (κ3) is 14.6. The molecule has 20 heavy (non-hydrogen) atoms. The minimum absolute atomic E-state index is 0.171. The van der Waals surface area contributed by atoms with Gasteiger partial charge >= 0.3 is 12.1 Å². The van der Waals surface area contributed by atoms with Crippen molar-refractivity contribution in [2.45, 2.75) is 13.8 Å². The average molecular weight is 322 g/mol. The van der Waals surface area contributed by atoms with Gasteiger partial charge in [0.15, 0.2) is 5.17 Å². The van der Waals surface area contributed by atoms with Crippen LogP contribution < -0.4 is 21.7 Å². The molecule has 0 unspecified atom stereocenters. The first-order chi connectivity index (χ1) is 9.40. The molecule has 6 N–H and O–H groups in total. The van der Waals surface area contributed by atoms with Crippen molar-refractivity contribution in [3.8, 4) is 0 Å². The summed E-state index contributed by atoms with van der Waals surface area (Å²) in [6.07, 6.45) is 1.77. The first-order valence-electron chi connectivity index (χ1n) is 5.80. The molecule has 0 rings (SSSR count). The summed E-state index contributed by atoms with van der Waals surface area (Å²) < 4.78 is 0. The summed E-state index contributed by atoms with van der Waals surface area (Å²) in [4.78, 5) is 25.8. The van der Waals surface area contributed by atoms with Crippen LogP contribution >= 0.6 is 24.4 Å². The van der Waals surface area contributed by atoms with Gasteiger partial charge in [-0.25, -0.2) is 9.59 Å². The number of amides is 4. The Balaban J connectivity index is 0. The summed E-state index contributed by atoms with van der Waals surface area (Å²) in [6, 6.07) is -0.882. The van der Waals surface area contributed by atoms with Crippen LogP contribution in [0.25, 0.3) is 0 Å². The lowest BCUT2D eigenvalue weighted by Gasteiger charge is -2.06. The van der Waals surface area contributed by atoms with Gasteiger partial charge in [0.25, 0.3) is 0 Å². The van der Waals surface area contributed by atoms with Crippen LogP contribution in [0.2, 0.25) is 0 Å². The van der Waals surface area contributed by atoms with Gasteiger partial charge in [0.1, 0.15) is 5.84 Å². The number of nitrogens with two attached hydrogens (primary N) is 1. The van der Waals surface area contributed by atoms with E-state index in [1.807, 2.05) is 0 Å². The van der Waals surface area contributed by atoms with Crippen LogP contribution in [0.3, 0.4) is 0 Å². The molecule has 0 aliphatic heterocycles. The van der Waals surface area contributed by atoms with Crippen molar-refractivity contribution in [2.24, 2.45) is 10.7 Å². The Morgan fingerprint density at radius 1 is 1.30 bits per heavy atom. The normalized spacial score (nSPS) is 9.90. The van der Waals surface area contributed by atoms with Gasteiger partial charge in [0, 0.05) is 18.8 Å². The lowest BCUT2D eigenvalue weighted by atomic mass is 10.6. The Bertz CT molecular complexity index is 349. The number of thiol groups is 1. The first-order valence-corrected chi connectivity index (χ1v) is 7.65. The molecule has 0 aromatic heterocycles. The van der Waals surface area contributed by atoms with Gasteiger partial charge in [0.2, 0.25) is 0 Å². The highest BCUT2D eigenvalue weighted by Gasteiger charge is 2.05. The molecule has 0 aromatic carbocycles. The number of nitrogens with one attached hydrogen (secondary N) is 4. The zero-order valence-corrected chi connectivity index (χ0v) is 13.5. The van der Waals surface area contributed by atoms with E-state index in [-0.39, 0.29) is 16.8 Å². The second kappa shape index (κ2) is 14.0. The van der Waals surface area contributed by atoms with Gasteiger partial charge in [-0.15, -0.1) is 0 Å². The third-order valence-electron chi connectivity index (χ3n) is 1.53. The number of thioether (sulfide) groups is 1. The number of hydrogen-bond donors (Lipinski definition) is 6. The molecule has 8 nitrogen and oxygen atoms in total. The molecule has 0 radical (unpaired) electrons. The fourth-order valence-electron chi connectivity index (χ4n) is 0.752. The zero-order chi connectivity index (χ0) is 16.0. The van der Waals surface area contributed by atoms with Crippen molar-refractivity contribution in [3.63, 3.8) is 0 Å². The molecule has 0 saturated heterocycles. The van der Waals surface area contributed by atoms with E-state index >= 15 is 0 Å². The van der Waals surface area contributed by atoms with Crippen molar-refractivity contribution >= 4 is 47.5 Å². The molecular weight excluding hydrogens is 300 g/mol. The van der Waals surface area contributed by atoms with Gasteiger partial charge in [-0.1, -0.05) is 11.8 Å². The maximum absolute atomic E-state index is 11.1. The number of carbonyl (C=O) groups excluding carboxylic acids is 2. The summed E-state index contributed by atoms with van der Waals surface area (Å²) in [5, 5.41) is 14.1. The minimum atomic E-state index is -0.488. The van der Waals surface area contributed by atoms with Crippen LogP contribution in [-0.4, -0.2) is 48.2 Å². The van der Waals surface area contributed by atoms with Gasteiger partial charge in [-0.05, 0) is 20.1 Å². The lowest BCUT2D eigenvalue weighted by Crippen LogP contribution is -2.41. The number of urea groups is 2. The quantitative estimate of drug-likeness (QED) is 0.258. The molecule has 4 amide bonds. The summed E-state index contributed by atoms with van der Waals surface area (Å²) in [5.41, 5.74) is 4.84. The van der Waals surface area contributed by atoms with Gasteiger partial charge in [-0.3, -0.25) is 10.7 Å². The maximum Gasteiger partial charge on any atom is 0.342 e. The fraction of sp³-hybridized carbons (Fsp3) is 0.600. The van der Waals surface area contributed by atoms with E-state index in [0.29, 0.717) is 13.1 Å². The van der Waals surface area contributed by atoms with E-state index < -0.39 is 12.1 Å². The van der Waals surface area contributed by atoms with Gasteiger partial charge in [0.05, 0.1) is 0 Å². The lowest BCUT2D eigenvalue weighted by molar-refractivity contribution is 0.245. The van der Waals surface area contributed by atoms with Crippen LogP contribution in [0.4, 0.5) is 9.59 Å². The number of nitrogens with zero attached hydrogens (tertiary/aromatic N) is 1. The molecule has 0 aliphatic rings. The van der Waals surface area contributed by atoms with Crippen LogP contribution in [0, 0.1) is 5.41 Å². The first kappa shape index (κ1) is 20.9. The average Bonchev–Trinajstić information content (AvgIpc) is 2.39. The van der Waals surface area contributed by atoms with E-state index in [9.17, 15) is 9.59 Å². The van der Waals surface area contributed by atoms with Gasteiger partial charge < -0.3 is 16.4 Å². The molecular formula is C10H22N6O2S2. The molecule has 0 atom stereocenters.